The third-order valence-corrected chi connectivity index (χ3v) is 4.15. The number of rotatable bonds is 2. The van der Waals surface area contributed by atoms with Gasteiger partial charge in [0.1, 0.15) is 5.82 Å². The molecular weight excluding hydrogens is 230 g/mol. The summed E-state index contributed by atoms with van der Waals surface area (Å²) in [4.78, 5) is 0. The van der Waals surface area contributed by atoms with E-state index in [0.717, 1.165) is 11.6 Å². The summed E-state index contributed by atoms with van der Waals surface area (Å²) in [5.74, 6) is 3.81. The highest BCUT2D eigenvalue weighted by atomic mass is 35.5. The van der Waals surface area contributed by atoms with Gasteiger partial charge < -0.3 is 0 Å². The largest absolute Gasteiger partial charge is 0.298 e. The third kappa shape index (κ3) is 2.31. The van der Waals surface area contributed by atoms with E-state index in [-0.39, 0.29) is 0 Å². The van der Waals surface area contributed by atoms with E-state index in [2.05, 4.69) is 28.6 Å². The lowest BCUT2D eigenvalue weighted by Crippen LogP contribution is -2.19. The standard InChI is InChI=1S/C10H16ClN3S/c1-7(2)9-12-13-10(11)14(9)8-4-3-5-15-6-8/h7-8H,3-6H2,1-2H3. The van der Waals surface area contributed by atoms with Gasteiger partial charge in [0.25, 0.3) is 0 Å². The Labute approximate surface area is 99.6 Å². The van der Waals surface area contributed by atoms with E-state index in [1.807, 2.05) is 11.8 Å². The summed E-state index contributed by atoms with van der Waals surface area (Å²) in [6.45, 7) is 4.26. The first-order chi connectivity index (χ1) is 7.20. The molecule has 1 aliphatic heterocycles. The maximum atomic E-state index is 6.10. The average molecular weight is 246 g/mol. The zero-order valence-electron chi connectivity index (χ0n) is 9.11. The van der Waals surface area contributed by atoms with Gasteiger partial charge in [0, 0.05) is 17.7 Å². The van der Waals surface area contributed by atoms with Gasteiger partial charge in [-0.05, 0) is 30.2 Å². The van der Waals surface area contributed by atoms with E-state index in [1.165, 1.54) is 18.6 Å². The molecule has 2 heterocycles. The molecule has 0 bridgehead atoms. The molecule has 0 spiro atoms. The maximum Gasteiger partial charge on any atom is 0.225 e. The Hall–Kier alpha value is -0.220. The molecule has 1 aromatic rings. The van der Waals surface area contributed by atoms with Crippen LogP contribution in [-0.4, -0.2) is 26.3 Å². The smallest absolute Gasteiger partial charge is 0.225 e. The predicted molar refractivity (Wildman–Crippen MR) is 64.7 cm³/mol. The Morgan fingerprint density at radius 3 is 2.87 bits per heavy atom. The Balaban J connectivity index is 2.28. The molecule has 15 heavy (non-hydrogen) atoms. The average Bonchev–Trinajstić information content (AvgIpc) is 2.61. The van der Waals surface area contributed by atoms with Crippen LogP contribution in [0.5, 0.6) is 0 Å². The number of hydrogen-bond donors (Lipinski definition) is 0. The quantitative estimate of drug-likeness (QED) is 0.802. The molecule has 84 valence electrons. The summed E-state index contributed by atoms with van der Waals surface area (Å²) in [6, 6.07) is 0.489. The zero-order chi connectivity index (χ0) is 10.8. The minimum Gasteiger partial charge on any atom is -0.298 e. The molecule has 0 amide bonds. The first-order valence-corrected chi connectivity index (χ1v) is 6.91. The van der Waals surface area contributed by atoms with Crippen LogP contribution in [0, 0.1) is 0 Å². The highest BCUT2D eigenvalue weighted by molar-refractivity contribution is 7.99. The van der Waals surface area contributed by atoms with Crippen LogP contribution >= 0.6 is 23.4 Å². The summed E-state index contributed by atoms with van der Waals surface area (Å²) >= 11 is 8.10. The summed E-state index contributed by atoms with van der Waals surface area (Å²) in [5.41, 5.74) is 0. The normalized spacial score (nSPS) is 22.3. The maximum absolute atomic E-state index is 6.10. The molecule has 0 N–H and O–H groups in total. The first kappa shape index (κ1) is 11.3. The van der Waals surface area contributed by atoms with E-state index in [1.54, 1.807) is 0 Å². The fourth-order valence-electron chi connectivity index (χ4n) is 1.94. The minimum atomic E-state index is 0.386. The van der Waals surface area contributed by atoms with Gasteiger partial charge in [0.2, 0.25) is 5.28 Å². The van der Waals surface area contributed by atoms with E-state index in [0.29, 0.717) is 17.2 Å². The van der Waals surface area contributed by atoms with Gasteiger partial charge in [-0.3, -0.25) is 4.57 Å². The fraction of sp³-hybridized carbons (Fsp3) is 0.800. The second-order valence-corrected chi connectivity index (χ2v) is 5.71. The SMILES string of the molecule is CC(C)c1nnc(Cl)n1C1CCCSC1. The van der Waals surface area contributed by atoms with Gasteiger partial charge >= 0.3 is 0 Å². The molecule has 1 unspecified atom stereocenters. The van der Waals surface area contributed by atoms with E-state index in [9.17, 15) is 0 Å². The molecule has 1 saturated heterocycles. The van der Waals surface area contributed by atoms with Crippen LogP contribution in [0.3, 0.4) is 0 Å². The van der Waals surface area contributed by atoms with Crippen LogP contribution in [0.15, 0.2) is 0 Å². The lowest BCUT2D eigenvalue weighted by molar-refractivity contribution is 0.473. The highest BCUT2D eigenvalue weighted by Crippen LogP contribution is 2.31. The zero-order valence-corrected chi connectivity index (χ0v) is 10.7. The Morgan fingerprint density at radius 2 is 2.27 bits per heavy atom. The third-order valence-electron chi connectivity index (χ3n) is 2.70. The van der Waals surface area contributed by atoms with Crippen molar-refractivity contribution in [3.8, 4) is 0 Å². The van der Waals surface area contributed by atoms with E-state index >= 15 is 0 Å². The first-order valence-electron chi connectivity index (χ1n) is 5.38. The number of nitrogens with zero attached hydrogens (tertiary/aromatic N) is 3. The second-order valence-electron chi connectivity index (χ2n) is 4.22. The number of thioether (sulfide) groups is 1. The van der Waals surface area contributed by atoms with Crippen molar-refractivity contribution in [2.75, 3.05) is 11.5 Å². The summed E-state index contributed by atoms with van der Waals surface area (Å²) in [5, 5.41) is 8.69. The Bertz CT molecular complexity index is 331. The predicted octanol–water partition coefficient (Wildman–Crippen LogP) is 3.12. The van der Waals surface area contributed by atoms with Crippen LogP contribution in [0.2, 0.25) is 5.28 Å². The molecule has 0 aromatic carbocycles. The summed E-state index contributed by atoms with van der Waals surface area (Å²) < 4.78 is 2.12. The molecule has 0 aliphatic carbocycles. The molecule has 1 fully saturated rings. The van der Waals surface area contributed by atoms with Crippen molar-refractivity contribution in [3.63, 3.8) is 0 Å². The van der Waals surface area contributed by atoms with E-state index in [4.69, 9.17) is 11.6 Å². The van der Waals surface area contributed by atoms with Crippen LogP contribution < -0.4 is 0 Å². The molecule has 2 rings (SSSR count). The second kappa shape index (κ2) is 4.74. The van der Waals surface area contributed by atoms with Gasteiger partial charge in [0.15, 0.2) is 0 Å². The van der Waals surface area contributed by atoms with Gasteiger partial charge in [-0.25, -0.2) is 0 Å². The molecule has 1 aromatic heterocycles. The highest BCUT2D eigenvalue weighted by Gasteiger charge is 2.23. The number of halogens is 1. The Morgan fingerprint density at radius 1 is 1.47 bits per heavy atom. The lowest BCUT2D eigenvalue weighted by atomic mass is 10.1. The van der Waals surface area contributed by atoms with Crippen molar-refractivity contribution in [1.29, 1.82) is 0 Å². The molecule has 1 atom stereocenters. The van der Waals surface area contributed by atoms with Crippen LogP contribution in [-0.2, 0) is 0 Å². The molecule has 0 radical (unpaired) electrons. The number of aromatic nitrogens is 3. The van der Waals surface area contributed by atoms with E-state index < -0.39 is 0 Å². The molecule has 1 aliphatic rings. The minimum absolute atomic E-state index is 0.386. The fourth-order valence-corrected chi connectivity index (χ4v) is 3.33. The van der Waals surface area contributed by atoms with Crippen molar-refractivity contribution in [3.05, 3.63) is 11.1 Å². The van der Waals surface area contributed by atoms with Gasteiger partial charge in [0.05, 0.1) is 0 Å². The van der Waals surface area contributed by atoms with Crippen LogP contribution in [0.25, 0.3) is 0 Å². The summed E-state index contributed by atoms with van der Waals surface area (Å²) in [6.07, 6.45) is 2.46. The van der Waals surface area contributed by atoms with Crippen molar-refractivity contribution in [1.82, 2.24) is 14.8 Å². The van der Waals surface area contributed by atoms with Crippen molar-refractivity contribution in [2.45, 2.75) is 38.6 Å². The molecule has 3 nitrogen and oxygen atoms in total. The number of hydrogen-bond acceptors (Lipinski definition) is 3. The monoisotopic (exact) mass is 245 g/mol. The van der Waals surface area contributed by atoms with Crippen molar-refractivity contribution in [2.24, 2.45) is 0 Å². The van der Waals surface area contributed by atoms with Gasteiger partial charge in [-0.2, -0.15) is 11.8 Å². The van der Waals surface area contributed by atoms with Crippen LogP contribution in [0.1, 0.15) is 44.5 Å². The topological polar surface area (TPSA) is 30.7 Å². The Kier molecular flexibility index (Phi) is 3.57. The van der Waals surface area contributed by atoms with Gasteiger partial charge in [-0.1, -0.05) is 13.8 Å². The molecular formula is C10H16ClN3S. The van der Waals surface area contributed by atoms with Crippen LogP contribution in [0.4, 0.5) is 0 Å². The molecule has 0 saturated carbocycles. The van der Waals surface area contributed by atoms with Gasteiger partial charge in [-0.15, -0.1) is 10.2 Å². The summed E-state index contributed by atoms with van der Waals surface area (Å²) in [7, 11) is 0. The van der Waals surface area contributed by atoms with Crippen molar-refractivity contribution >= 4 is 23.4 Å². The molecule has 5 heteroatoms. The lowest BCUT2D eigenvalue weighted by Gasteiger charge is -2.25. The van der Waals surface area contributed by atoms with Crippen molar-refractivity contribution < 1.29 is 0 Å².